The van der Waals surface area contributed by atoms with Crippen LogP contribution >= 0.6 is 0 Å². The number of nitrogens with zero attached hydrogens (tertiary/aromatic N) is 2. The van der Waals surface area contributed by atoms with Crippen molar-refractivity contribution >= 4 is 71.4 Å². The Kier molecular flexibility index (Phi) is 6.30. The molecule has 0 atom stereocenters. The zero-order valence-electron chi connectivity index (χ0n) is 29.5. The van der Waals surface area contributed by atoms with Crippen molar-refractivity contribution < 1.29 is 4.42 Å². The van der Waals surface area contributed by atoms with Crippen LogP contribution in [0.2, 0.25) is 0 Å². The van der Waals surface area contributed by atoms with Crippen molar-refractivity contribution in [2.45, 2.75) is 19.3 Å². The summed E-state index contributed by atoms with van der Waals surface area (Å²) in [7, 11) is 0. The highest BCUT2D eigenvalue weighted by atomic mass is 16.3. The van der Waals surface area contributed by atoms with Crippen molar-refractivity contribution in [2.24, 2.45) is 0 Å². The molecule has 250 valence electrons. The van der Waals surface area contributed by atoms with E-state index in [1.165, 1.54) is 33.0 Å². The fourth-order valence-corrected chi connectivity index (χ4v) is 8.80. The van der Waals surface area contributed by atoms with Crippen LogP contribution in [0.5, 0.6) is 0 Å². The normalized spacial score (nSPS) is 13.2. The Morgan fingerprint density at radius 3 is 2.04 bits per heavy atom. The number of aromatic nitrogens is 1. The van der Waals surface area contributed by atoms with Crippen molar-refractivity contribution in [1.82, 2.24) is 4.98 Å². The van der Waals surface area contributed by atoms with Gasteiger partial charge in [-0.15, -0.1) is 0 Å². The summed E-state index contributed by atoms with van der Waals surface area (Å²) in [5, 5.41) is 7.96. The highest BCUT2D eigenvalue weighted by Gasteiger charge is 2.35. The summed E-state index contributed by atoms with van der Waals surface area (Å²) in [6, 6.07) is 61.2. The van der Waals surface area contributed by atoms with Crippen LogP contribution in [0.3, 0.4) is 0 Å². The summed E-state index contributed by atoms with van der Waals surface area (Å²) in [4.78, 5) is 7.67. The standard InChI is InChI=1S/C50H34N2O/c1-50(2)43-16-8-5-13-37(43)38-26-25-36(30-44(38)50)52(35-24-19-31-11-3-4-12-33(31)29-35)34-22-20-32(21-23-34)48-42-28-27-40-39-14-7-10-18-46(39)53-49(40)47(42)41-15-6-9-17-45(41)51-48/h3-30H,1-2H3. The van der Waals surface area contributed by atoms with Gasteiger partial charge in [0.1, 0.15) is 11.2 Å². The van der Waals surface area contributed by atoms with E-state index in [9.17, 15) is 0 Å². The van der Waals surface area contributed by atoms with Crippen molar-refractivity contribution in [3.8, 4) is 22.4 Å². The maximum atomic E-state index is 6.58. The van der Waals surface area contributed by atoms with Gasteiger partial charge in [-0.05, 0) is 87.6 Å². The molecule has 0 spiro atoms. The third kappa shape index (κ3) is 4.44. The molecule has 3 heteroatoms. The van der Waals surface area contributed by atoms with Gasteiger partial charge in [0.15, 0.2) is 0 Å². The van der Waals surface area contributed by atoms with Gasteiger partial charge in [-0.3, -0.25) is 0 Å². The lowest BCUT2D eigenvalue weighted by molar-refractivity contribution is 0.660. The van der Waals surface area contributed by atoms with Crippen LogP contribution in [0.15, 0.2) is 174 Å². The van der Waals surface area contributed by atoms with Gasteiger partial charge in [0.05, 0.1) is 11.2 Å². The van der Waals surface area contributed by atoms with Crippen LogP contribution in [0.1, 0.15) is 25.0 Å². The lowest BCUT2D eigenvalue weighted by Crippen LogP contribution is -2.16. The molecule has 8 aromatic carbocycles. The number of furan rings is 1. The summed E-state index contributed by atoms with van der Waals surface area (Å²) in [6.07, 6.45) is 0. The molecule has 0 unspecified atom stereocenters. The second kappa shape index (κ2) is 11.1. The molecule has 0 saturated carbocycles. The Labute approximate surface area is 307 Å². The zero-order valence-corrected chi connectivity index (χ0v) is 29.5. The van der Waals surface area contributed by atoms with Gasteiger partial charge in [0.2, 0.25) is 0 Å². The minimum atomic E-state index is -0.102. The van der Waals surface area contributed by atoms with Crippen LogP contribution in [0.4, 0.5) is 17.1 Å². The molecule has 2 heterocycles. The lowest BCUT2D eigenvalue weighted by Gasteiger charge is -2.28. The summed E-state index contributed by atoms with van der Waals surface area (Å²) in [5.74, 6) is 0. The number of fused-ring (bicyclic) bond motifs is 11. The second-order valence-electron chi connectivity index (χ2n) is 14.8. The first-order chi connectivity index (χ1) is 26.0. The smallest absolute Gasteiger partial charge is 0.144 e. The Balaban J connectivity index is 1.09. The molecule has 0 saturated heterocycles. The zero-order chi connectivity index (χ0) is 35.3. The summed E-state index contributed by atoms with van der Waals surface area (Å²) >= 11 is 0. The quantitative estimate of drug-likeness (QED) is 0.174. The van der Waals surface area contributed by atoms with E-state index in [1.54, 1.807) is 0 Å². The van der Waals surface area contributed by atoms with Crippen LogP contribution < -0.4 is 4.90 Å². The molecule has 1 aliphatic rings. The minimum Gasteiger partial charge on any atom is -0.455 e. The lowest BCUT2D eigenvalue weighted by atomic mass is 9.82. The molecule has 53 heavy (non-hydrogen) atoms. The third-order valence-corrected chi connectivity index (χ3v) is 11.4. The largest absolute Gasteiger partial charge is 0.455 e. The molecule has 1 aliphatic carbocycles. The summed E-state index contributed by atoms with van der Waals surface area (Å²) in [5.41, 5.74) is 13.4. The van der Waals surface area contributed by atoms with Gasteiger partial charge in [-0.25, -0.2) is 4.98 Å². The number of hydrogen-bond donors (Lipinski definition) is 0. The van der Waals surface area contributed by atoms with E-state index in [1.807, 2.05) is 12.1 Å². The Morgan fingerprint density at radius 1 is 0.491 bits per heavy atom. The molecule has 0 amide bonds. The molecule has 0 bridgehead atoms. The SMILES string of the molecule is CC1(C)c2ccccc2-c2ccc(N(c3ccc(-c4nc5ccccc5c5c4ccc4c6ccccc6oc45)cc3)c3ccc4ccccc4c3)cc21. The van der Waals surface area contributed by atoms with Gasteiger partial charge in [0.25, 0.3) is 0 Å². The number of anilines is 3. The number of para-hydroxylation sites is 2. The Morgan fingerprint density at radius 2 is 1.15 bits per heavy atom. The van der Waals surface area contributed by atoms with Crippen LogP contribution in [0, 0.1) is 0 Å². The predicted molar refractivity (Wildman–Crippen MR) is 222 cm³/mol. The molecule has 0 N–H and O–H groups in total. The average molecular weight is 679 g/mol. The second-order valence-corrected chi connectivity index (χ2v) is 14.8. The molecule has 10 aromatic rings. The number of benzene rings is 8. The highest BCUT2D eigenvalue weighted by molar-refractivity contribution is 6.24. The molecule has 3 nitrogen and oxygen atoms in total. The van der Waals surface area contributed by atoms with Crippen LogP contribution in [-0.4, -0.2) is 4.98 Å². The number of hydrogen-bond acceptors (Lipinski definition) is 3. The van der Waals surface area contributed by atoms with E-state index in [2.05, 4.69) is 176 Å². The topological polar surface area (TPSA) is 29.3 Å². The molecule has 2 aromatic heterocycles. The monoisotopic (exact) mass is 678 g/mol. The first-order valence-corrected chi connectivity index (χ1v) is 18.3. The van der Waals surface area contributed by atoms with Gasteiger partial charge >= 0.3 is 0 Å². The van der Waals surface area contributed by atoms with E-state index < -0.39 is 0 Å². The Bertz CT molecular complexity index is 3100. The van der Waals surface area contributed by atoms with Crippen molar-refractivity contribution in [1.29, 1.82) is 0 Å². The van der Waals surface area contributed by atoms with Crippen molar-refractivity contribution in [3.63, 3.8) is 0 Å². The highest BCUT2D eigenvalue weighted by Crippen LogP contribution is 2.51. The maximum Gasteiger partial charge on any atom is 0.144 e. The molecule has 11 rings (SSSR count). The fourth-order valence-electron chi connectivity index (χ4n) is 8.80. The maximum absolute atomic E-state index is 6.58. The summed E-state index contributed by atoms with van der Waals surface area (Å²) in [6.45, 7) is 4.69. The van der Waals surface area contributed by atoms with Gasteiger partial charge < -0.3 is 9.32 Å². The van der Waals surface area contributed by atoms with Gasteiger partial charge in [0, 0.05) is 55.0 Å². The van der Waals surface area contributed by atoms with E-state index >= 15 is 0 Å². The number of pyridine rings is 1. The van der Waals surface area contributed by atoms with Crippen LogP contribution in [-0.2, 0) is 5.41 Å². The molecule has 0 aliphatic heterocycles. The Hall–Kier alpha value is -6.71. The fraction of sp³-hybridized carbons (Fsp3) is 0.0600. The molecule has 0 fully saturated rings. The van der Waals surface area contributed by atoms with E-state index in [0.717, 1.165) is 71.9 Å². The van der Waals surface area contributed by atoms with Crippen molar-refractivity contribution in [2.75, 3.05) is 4.90 Å². The van der Waals surface area contributed by atoms with E-state index in [-0.39, 0.29) is 5.41 Å². The first-order valence-electron chi connectivity index (χ1n) is 18.3. The predicted octanol–water partition coefficient (Wildman–Crippen LogP) is 13.9. The van der Waals surface area contributed by atoms with Crippen LogP contribution in [0.25, 0.3) is 76.8 Å². The third-order valence-electron chi connectivity index (χ3n) is 11.4. The minimum absolute atomic E-state index is 0.102. The molecule has 0 radical (unpaired) electrons. The number of rotatable bonds is 4. The molecular formula is C50H34N2O. The van der Waals surface area contributed by atoms with Gasteiger partial charge in [-0.1, -0.05) is 129 Å². The van der Waals surface area contributed by atoms with Gasteiger partial charge in [-0.2, -0.15) is 0 Å². The van der Waals surface area contributed by atoms with E-state index in [0.29, 0.717) is 0 Å². The summed E-state index contributed by atoms with van der Waals surface area (Å²) < 4.78 is 6.58. The molecular weight excluding hydrogens is 645 g/mol. The van der Waals surface area contributed by atoms with Crippen molar-refractivity contribution in [3.05, 3.63) is 181 Å². The van der Waals surface area contributed by atoms with E-state index in [4.69, 9.17) is 9.40 Å². The first kappa shape index (κ1) is 30.0. The average Bonchev–Trinajstić information content (AvgIpc) is 3.70.